The molecule has 2 aromatic rings. The molecule has 1 aliphatic rings. The maximum absolute atomic E-state index is 12.5. The molecule has 0 unspecified atom stereocenters. The SMILES string of the molecule is Cc1cccc(NC(=O)[C@H]2CC(=O)N(Cc3ccccc3)C2)c1C. The van der Waals surface area contributed by atoms with Crippen LogP contribution in [0.25, 0.3) is 0 Å². The van der Waals surface area contributed by atoms with Crippen molar-refractivity contribution in [2.24, 2.45) is 5.92 Å². The van der Waals surface area contributed by atoms with Crippen molar-refractivity contribution < 1.29 is 9.59 Å². The van der Waals surface area contributed by atoms with Gasteiger partial charge in [0.25, 0.3) is 0 Å². The Balaban J connectivity index is 1.64. The van der Waals surface area contributed by atoms with Gasteiger partial charge < -0.3 is 10.2 Å². The van der Waals surface area contributed by atoms with E-state index in [1.165, 1.54) is 0 Å². The van der Waals surface area contributed by atoms with Crippen molar-refractivity contribution >= 4 is 17.5 Å². The van der Waals surface area contributed by atoms with E-state index in [-0.39, 0.29) is 24.2 Å². The minimum absolute atomic E-state index is 0.0416. The minimum atomic E-state index is -0.291. The van der Waals surface area contributed by atoms with Crippen LogP contribution < -0.4 is 5.32 Å². The number of hydrogen-bond acceptors (Lipinski definition) is 2. The maximum atomic E-state index is 12.5. The molecule has 1 atom stereocenters. The van der Waals surface area contributed by atoms with Crippen LogP contribution in [0.1, 0.15) is 23.1 Å². The quantitative estimate of drug-likeness (QED) is 0.939. The number of aryl methyl sites for hydroxylation is 1. The average molecular weight is 322 g/mol. The third kappa shape index (κ3) is 3.48. The molecular weight excluding hydrogens is 300 g/mol. The molecule has 0 radical (unpaired) electrons. The summed E-state index contributed by atoms with van der Waals surface area (Å²) in [6.45, 7) is 5.05. The molecule has 0 saturated carbocycles. The number of hydrogen-bond donors (Lipinski definition) is 1. The van der Waals surface area contributed by atoms with E-state index in [2.05, 4.69) is 5.32 Å². The number of amides is 2. The van der Waals surface area contributed by atoms with Crippen LogP contribution in [0.4, 0.5) is 5.69 Å². The average Bonchev–Trinajstić information content (AvgIpc) is 2.94. The van der Waals surface area contributed by atoms with Crippen LogP contribution in [-0.2, 0) is 16.1 Å². The second-order valence-corrected chi connectivity index (χ2v) is 6.40. The number of anilines is 1. The Morgan fingerprint density at radius 2 is 1.88 bits per heavy atom. The van der Waals surface area contributed by atoms with Gasteiger partial charge in [0.1, 0.15) is 0 Å². The summed E-state index contributed by atoms with van der Waals surface area (Å²) in [6.07, 6.45) is 0.281. The first-order valence-corrected chi connectivity index (χ1v) is 8.23. The van der Waals surface area contributed by atoms with Gasteiger partial charge in [-0.25, -0.2) is 0 Å². The number of rotatable bonds is 4. The first-order valence-electron chi connectivity index (χ1n) is 8.23. The van der Waals surface area contributed by atoms with Crippen molar-refractivity contribution in [1.29, 1.82) is 0 Å². The zero-order chi connectivity index (χ0) is 17.1. The lowest BCUT2D eigenvalue weighted by atomic mass is 10.1. The Bertz CT molecular complexity index is 755. The van der Waals surface area contributed by atoms with Crippen LogP contribution in [0.3, 0.4) is 0 Å². The van der Waals surface area contributed by atoms with Gasteiger partial charge in [-0.05, 0) is 36.6 Å². The monoisotopic (exact) mass is 322 g/mol. The van der Waals surface area contributed by atoms with Gasteiger partial charge in [-0.1, -0.05) is 42.5 Å². The van der Waals surface area contributed by atoms with Crippen LogP contribution in [0, 0.1) is 19.8 Å². The molecule has 0 aromatic heterocycles. The zero-order valence-electron chi connectivity index (χ0n) is 14.1. The highest BCUT2D eigenvalue weighted by molar-refractivity contribution is 5.97. The van der Waals surface area contributed by atoms with E-state index in [4.69, 9.17) is 0 Å². The summed E-state index contributed by atoms with van der Waals surface area (Å²) < 4.78 is 0. The fourth-order valence-corrected chi connectivity index (χ4v) is 3.03. The zero-order valence-corrected chi connectivity index (χ0v) is 14.1. The van der Waals surface area contributed by atoms with Crippen molar-refractivity contribution in [2.45, 2.75) is 26.8 Å². The number of carbonyl (C=O) groups excluding carboxylic acids is 2. The molecule has 1 heterocycles. The Hall–Kier alpha value is -2.62. The molecule has 2 amide bonds. The van der Waals surface area contributed by atoms with Gasteiger partial charge in [0.15, 0.2) is 0 Å². The largest absolute Gasteiger partial charge is 0.338 e. The molecule has 4 heteroatoms. The van der Waals surface area contributed by atoms with Crippen LogP contribution >= 0.6 is 0 Å². The standard InChI is InChI=1S/C20H22N2O2/c1-14-7-6-10-18(15(14)2)21-20(24)17-11-19(23)22(13-17)12-16-8-4-3-5-9-16/h3-10,17H,11-13H2,1-2H3,(H,21,24)/t17-/m0/s1. The van der Waals surface area contributed by atoms with Crippen LogP contribution in [-0.4, -0.2) is 23.3 Å². The summed E-state index contributed by atoms with van der Waals surface area (Å²) in [6, 6.07) is 15.7. The Morgan fingerprint density at radius 3 is 2.62 bits per heavy atom. The van der Waals surface area contributed by atoms with Crippen molar-refractivity contribution in [3.63, 3.8) is 0 Å². The Kier molecular flexibility index (Phi) is 4.65. The highest BCUT2D eigenvalue weighted by atomic mass is 16.2. The van der Waals surface area contributed by atoms with Crippen molar-refractivity contribution in [3.8, 4) is 0 Å². The van der Waals surface area contributed by atoms with Gasteiger partial charge in [0, 0.05) is 25.2 Å². The smallest absolute Gasteiger partial charge is 0.229 e. The second-order valence-electron chi connectivity index (χ2n) is 6.40. The van der Waals surface area contributed by atoms with E-state index in [1.807, 2.05) is 62.4 Å². The highest BCUT2D eigenvalue weighted by Crippen LogP contribution is 2.24. The topological polar surface area (TPSA) is 49.4 Å². The van der Waals surface area contributed by atoms with Gasteiger partial charge in [0.05, 0.1) is 5.92 Å². The van der Waals surface area contributed by atoms with Gasteiger partial charge >= 0.3 is 0 Å². The van der Waals surface area contributed by atoms with Gasteiger partial charge in [-0.3, -0.25) is 9.59 Å². The summed E-state index contributed by atoms with van der Waals surface area (Å²) >= 11 is 0. The molecule has 0 aliphatic carbocycles. The Morgan fingerprint density at radius 1 is 1.12 bits per heavy atom. The fourth-order valence-electron chi connectivity index (χ4n) is 3.03. The van der Waals surface area contributed by atoms with Gasteiger partial charge in [-0.2, -0.15) is 0 Å². The molecule has 0 spiro atoms. The fraction of sp³-hybridized carbons (Fsp3) is 0.300. The first-order chi connectivity index (χ1) is 11.5. The summed E-state index contributed by atoms with van der Waals surface area (Å²) in [4.78, 5) is 26.5. The lowest BCUT2D eigenvalue weighted by Gasteiger charge is -2.17. The normalized spacial score (nSPS) is 17.2. The summed E-state index contributed by atoms with van der Waals surface area (Å²) in [5.41, 5.74) is 4.12. The second kappa shape index (κ2) is 6.87. The molecule has 124 valence electrons. The predicted molar refractivity (Wildman–Crippen MR) is 94.5 cm³/mol. The lowest BCUT2D eigenvalue weighted by Crippen LogP contribution is -2.28. The molecular formula is C20H22N2O2. The van der Waals surface area contributed by atoms with Crippen LogP contribution in [0.2, 0.25) is 0 Å². The number of nitrogens with one attached hydrogen (secondary N) is 1. The molecule has 1 N–H and O–H groups in total. The van der Waals surface area contributed by atoms with Crippen molar-refractivity contribution in [2.75, 3.05) is 11.9 Å². The molecule has 4 nitrogen and oxygen atoms in total. The van der Waals surface area contributed by atoms with Crippen LogP contribution in [0.15, 0.2) is 48.5 Å². The van der Waals surface area contributed by atoms with Gasteiger partial charge in [-0.15, -0.1) is 0 Å². The third-order valence-corrected chi connectivity index (χ3v) is 4.66. The number of nitrogens with zero attached hydrogens (tertiary/aromatic N) is 1. The van der Waals surface area contributed by atoms with Crippen molar-refractivity contribution in [1.82, 2.24) is 4.90 Å². The first kappa shape index (κ1) is 16.2. The van der Waals surface area contributed by atoms with E-state index >= 15 is 0 Å². The summed E-state index contributed by atoms with van der Waals surface area (Å²) in [7, 11) is 0. The number of likely N-dealkylation sites (tertiary alicyclic amines) is 1. The predicted octanol–water partition coefficient (Wildman–Crippen LogP) is 3.29. The molecule has 1 fully saturated rings. The molecule has 1 aliphatic heterocycles. The van der Waals surface area contributed by atoms with E-state index in [9.17, 15) is 9.59 Å². The van der Waals surface area contributed by atoms with Gasteiger partial charge in [0.2, 0.25) is 11.8 Å². The van der Waals surface area contributed by atoms with Crippen molar-refractivity contribution in [3.05, 3.63) is 65.2 Å². The number of benzene rings is 2. The molecule has 3 rings (SSSR count). The lowest BCUT2D eigenvalue weighted by molar-refractivity contribution is -0.128. The molecule has 1 saturated heterocycles. The highest BCUT2D eigenvalue weighted by Gasteiger charge is 2.34. The molecule has 2 aromatic carbocycles. The summed E-state index contributed by atoms with van der Waals surface area (Å²) in [5, 5.41) is 2.98. The number of carbonyl (C=O) groups is 2. The molecule has 0 bridgehead atoms. The van der Waals surface area contributed by atoms with E-state index < -0.39 is 0 Å². The minimum Gasteiger partial charge on any atom is -0.338 e. The molecule has 24 heavy (non-hydrogen) atoms. The van der Waals surface area contributed by atoms with E-state index in [1.54, 1.807) is 4.90 Å². The van der Waals surface area contributed by atoms with E-state index in [0.717, 1.165) is 22.4 Å². The maximum Gasteiger partial charge on any atom is 0.229 e. The van der Waals surface area contributed by atoms with E-state index in [0.29, 0.717) is 13.1 Å². The third-order valence-electron chi connectivity index (χ3n) is 4.66. The summed E-state index contributed by atoms with van der Waals surface area (Å²) in [5.74, 6) is -0.325. The van der Waals surface area contributed by atoms with Crippen LogP contribution in [0.5, 0.6) is 0 Å². The Labute approximate surface area is 142 Å².